The molecule has 0 unspecified atom stereocenters. The minimum Gasteiger partial charge on any atom is -0.325 e. The summed E-state index contributed by atoms with van der Waals surface area (Å²) in [5, 5.41) is 5.52. The Labute approximate surface area is 124 Å². The van der Waals surface area contributed by atoms with Gasteiger partial charge < -0.3 is 10.6 Å². The fraction of sp³-hybridized carbons (Fsp3) is 0.176. The largest absolute Gasteiger partial charge is 0.325 e. The molecule has 4 nitrogen and oxygen atoms in total. The quantitative estimate of drug-likeness (QED) is 0.827. The predicted octanol–water partition coefficient (Wildman–Crippen LogP) is 3.29. The smallest absolute Gasteiger partial charge is 0.236 e. The van der Waals surface area contributed by atoms with Crippen LogP contribution in [-0.4, -0.2) is 11.8 Å². The Kier molecular flexibility index (Phi) is 5.10. The Morgan fingerprint density at radius 1 is 0.810 bits per heavy atom. The van der Waals surface area contributed by atoms with Gasteiger partial charge in [0.25, 0.3) is 0 Å². The summed E-state index contributed by atoms with van der Waals surface area (Å²) in [6.07, 6.45) is 0.442. The number of amides is 2. The fourth-order valence-corrected chi connectivity index (χ4v) is 1.99. The van der Waals surface area contributed by atoms with Gasteiger partial charge in [-0.05, 0) is 30.7 Å². The van der Waals surface area contributed by atoms with E-state index in [1.165, 1.54) is 0 Å². The van der Waals surface area contributed by atoms with Gasteiger partial charge in [0.2, 0.25) is 11.8 Å². The van der Waals surface area contributed by atoms with E-state index >= 15 is 0 Å². The summed E-state index contributed by atoms with van der Waals surface area (Å²) < 4.78 is 0. The minimum absolute atomic E-state index is 0.294. The highest BCUT2D eigenvalue weighted by Crippen LogP contribution is 2.13. The lowest BCUT2D eigenvalue weighted by Crippen LogP contribution is -2.33. The standard InChI is InChI=1S/C17H18N2O2/c1-2-15(16(20)18-13-9-5-3-6-10-13)17(21)19-14-11-7-4-8-12-14/h3-12,15H,2H2,1H3,(H,18,20)(H,19,21). The summed E-state index contributed by atoms with van der Waals surface area (Å²) in [4.78, 5) is 24.4. The number of nitrogens with one attached hydrogen (secondary N) is 2. The van der Waals surface area contributed by atoms with Crippen LogP contribution in [0.5, 0.6) is 0 Å². The van der Waals surface area contributed by atoms with Crippen molar-refractivity contribution in [3.8, 4) is 0 Å². The molecule has 108 valence electrons. The molecule has 2 aromatic carbocycles. The van der Waals surface area contributed by atoms with E-state index in [0.29, 0.717) is 17.8 Å². The number of hydrogen-bond donors (Lipinski definition) is 2. The summed E-state index contributed by atoms with van der Waals surface area (Å²) >= 11 is 0. The highest BCUT2D eigenvalue weighted by atomic mass is 16.2. The molecule has 2 rings (SSSR count). The summed E-state index contributed by atoms with van der Waals surface area (Å²) in [5.41, 5.74) is 1.38. The van der Waals surface area contributed by atoms with Gasteiger partial charge in [0, 0.05) is 11.4 Å². The average molecular weight is 282 g/mol. The van der Waals surface area contributed by atoms with Crippen molar-refractivity contribution in [3.63, 3.8) is 0 Å². The molecule has 2 aromatic rings. The van der Waals surface area contributed by atoms with Crippen LogP contribution in [0.15, 0.2) is 60.7 Å². The van der Waals surface area contributed by atoms with Crippen molar-refractivity contribution in [2.45, 2.75) is 13.3 Å². The highest BCUT2D eigenvalue weighted by Gasteiger charge is 2.24. The average Bonchev–Trinajstić information content (AvgIpc) is 2.50. The minimum atomic E-state index is -0.717. The van der Waals surface area contributed by atoms with Gasteiger partial charge in [-0.15, -0.1) is 0 Å². The number of carbonyl (C=O) groups is 2. The van der Waals surface area contributed by atoms with E-state index in [2.05, 4.69) is 10.6 Å². The molecule has 21 heavy (non-hydrogen) atoms. The monoisotopic (exact) mass is 282 g/mol. The van der Waals surface area contributed by atoms with E-state index in [4.69, 9.17) is 0 Å². The molecule has 0 aliphatic carbocycles. The van der Waals surface area contributed by atoms with Crippen LogP contribution in [0.1, 0.15) is 13.3 Å². The highest BCUT2D eigenvalue weighted by molar-refractivity contribution is 6.10. The molecule has 0 fully saturated rings. The van der Waals surface area contributed by atoms with Crippen LogP contribution < -0.4 is 10.6 Å². The zero-order chi connectivity index (χ0) is 15.1. The van der Waals surface area contributed by atoms with E-state index in [0.717, 1.165) is 0 Å². The van der Waals surface area contributed by atoms with Crippen molar-refractivity contribution in [3.05, 3.63) is 60.7 Å². The Morgan fingerprint density at radius 3 is 1.52 bits per heavy atom. The predicted molar refractivity (Wildman–Crippen MR) is 83.9 cm³/mol. The fourth-order valence-electron chi connectivity index (χ4n) is 1.99. The van der Waals surface area contributed by atoms with Gasteiger partial charge in [-0.2, -0.15) is 0 Å². The SMILES string of the molecule is CCC(C(=O)Nc1ccccc1)C(=O)Nc1ccccc1. The first-order valence-corrected chi connectivity index (χ1v) is 6.92. The Bertz CT molecular complexity index is 543. The third kappa shape index (κ3) is 4.18. The molecule has 4 heteroatoms. The lowest BCUT2D eigenvalue weighted by molar-refractivity contribution is -0.129. The number of benzene rings is 2. The maximum absolute atomic E-state index is 12.2. The summed E-state index contributed by atoms with van der Waals surface area (Å²) in [5.74, 6) is -1.31. The van der Waals surface area contributed by atoms with Crippen molar-refractivity contribution in [1.82, 2.24) is 0 Å². The summed E-state index contributed by atoms with van der Waals surface area (Å²) in [6.45, 7) is 1.82. The van der Waals surface area contributed by atoms with Crippen LogP contribution in [0.3, 0.4) is 0 Å². The second-order valence-electron chi connectivity index (χ2n) is 4.67. The van der Waals surface area contributed by atoms with Crippen molar-refractivity contribution in [1.29, 1.82) is 0 Å². The molecule has 0 aliphatic heterocycles. The molecule has 0 heterocycles. The van der Waals surface area contributed by atoms with Crippen molar-refractivity contribution < 1.29 is 9.59 Å². The lowest BCUT2D eigenvalue weighted by Gasteiger charge is -2.15. The second-order valence-corrected chi connectivity index (χ2v) is 4.67. The topological polar surface area (TPSA) is 58.2 Å². The first-order chi connectivity index (χ1) is 10.2. The van der Waals surface area contributed by atoms with Gasteiger partial charge in [0.15, 0.2) is 0 Å². The van der Waals surface area contributed by atoms with Gasteiger partial charge >= 0.3 is 0 Å². The maximum atomic E-state index is 12.2. The summed E-state index contributed by atoms with van der Waals surface area (Å²) in [7, 11) is 0. The molecule has 2 N–H and O–H groups in total. The Balaban J connectivity index is 2.01. The van der Waals surface area contributed by atoms with E-state index < -0.39 is 5.92 Å². The van der Waals surface area contributed by atoms with E-state index in [1.54, 1.807) is 24.3 Å². The van der Waals surface area contributed by atoms with Crippen LogP contribution in [-0.2, 0) is 9.59 Å². The lowest BCUT2D eigenvalue weighted by atomic mass is 10.0. The van der Waals surface area contributed by atoms with E-state index in [-0.39, 0.29) is 11.8 Å². The molecular weight excluding hydrogens is 264 g/mol. The van der Waals surface area contributed by atoms with E-state index in [9.17, 15) is 9.59 Å². The number of carbonyl (C=O) groups excluding carboxylic acids is 2. The zero-order valence-corrected chi connectivity index (χ0v) is 11.9. The molecular formula is C17H18N2O2. The molecule has 0 atom stereocenters. The number of rotatable bonds is 5. The number of anilines is 2. The molecule has 0 saturated heterocycles. The molecule has 0 spiro atoms. The third-order valence-electron chi connectivity index (χ3n) is 3.12. The van der Waals surface area contributed by atoms with Crippen molar-refractivity contribution in [2.24, 2.45) is 5.92 Å². The second kappa shape index (κ2) is 7.24. The summed E-state index contributed by atoms with van der Waals surface area (Å²) in [6, 6.07) is 18.2. The van der Waals surface area contributed by atoms with Crippen LogP contribution >= 0.6 is 0 Å². The Morgan fingerprint density at radius 2 is 1.19 bits per heavy atom. The maximum Gasteiger partial charge on any atom is 0.236 e. The van der Waals surface area contributed by atoms with Crippen molar-refractivity contribution in [2.75, 3.05) is 10.6 Å². The number of hydrogen-bond acceptors (Lipinski definition) is 2. The third-order valence-corrected chi connectivity index (χ3v) is 3.12. The van der Waals surface area contributed by atoms with Crippen molar-refractivity contribution >= 4 is 23.2 Å². The molecule has 0 aromatic heterocycles. The Hall–Kier alpha value is -2.62. The molecule has 0 saturated carbocycles. The number of para-hydroxylation sites is 2. The normalized spacial score (nSPS) is 10.2. The van der Waals surface area contributed by atoms with Crippen LogP contribution in [0, 0.1) is 5.92 Å². The van der Waals surface area contributed by atoms with Gasteiger partial charge in [-0.3, -0.25) is 9.59 Å². The molecule has 0 aliphatic rings. The van der Waals surface area contributed by atoms with Crippen LogP contribution in [0.4, 0.5) is 11.4 Å². The molecule has 0 radical (unpaired) electrons. The molecule has 2 amide bonds. The van der Waals surface area contributed by atoms with Gasteiger partial charge in [0.1, 0.15) is 5.92 Å². The van der Waals surface area contributed by atoms with Gasteiger partial charge in [0.05, 0.1) is 0 Å². The first-order valence-electron chi connectivity index (χ1n) is 6.92. The molecule has 0 bridgehead atoms. The van der Waals surface area contributed by atoms with E-state index in [1.807, 2.05) is 43.3 Å². The first kappa shape index (κ1) is 14.8. The van der Waals surface area contributed by atoms with Crippen LogP contribution in [0.25, 0.3) is 0 Å². The van der Waals surface area contributed by atoms with Crippen LogP contribution in [0.2, 0.25) is 0 Å². The van der Waals surface area contributed by atoms with Gasteiger partial charge in [-0.25, -0.2) is 0 Å². The van der Waals surface area contributed by atoms with Gasteiger partial charge in [-0.1, -0.05) is 43.3 Å². The zero-order valence-electron chi connectivity index (χ0n) is 11.9.